The van der Waals surface area contributed by atoms with Crippen LogP contribution in [-0.2, 0) is 44.6 Å². The summed E-state index contributed by atoms with van der Waals surface area (Å²) in [6.45, 7) is 1.15. The molecule has 3 N–H and O–H groups in total. The van der Waals surface area contributed by atoms with Crippen LogP contribution in [0.25, 0.3) is 0 Å². The van der Waals surface area contributed by atoms with E-state index in [9.17, 15) is 20.1 Å². The SMILES string of the molecule is CN1CC[C@]23c4c5ccc(O)c4OC2C(OC(=O)CO/N=C2\CC[C@@]4(O)[C@H]6Cc7ccc(CO)c8c7[C@@]4(CCN6C)C2O8)C=C[C@H]3[C@H]1C5. The van der Waals surface area contributed by atoms with Gasteiger partial charge in [-0.15, -0.1) is 0 Å². The lowest BCUT2D eigenvalue weighted by molar-refractivity contribution is -0.163. The number of hydrogen-bond acceptors (Lipinski definition) is 11. The molecule has 0 radical (unpaired) electrons. The maximum absolute atomic E-state index is 13.4. The number of likely N-dealkylation sites (N-methyl/N-ethyl adjacent to an activating group) is 2. The number of rotatable bonds is 5. The van der Waals surface area contributed by atoms with Crippen molar-refractivity contribution in [1.82, 2.24) is 9.80 Å². The van der Waals surface area contributed by atoms with Gasteiger partial charge >= 0.3 is 5.97 Å². The molecule has 0 aromatic heterocycles. The summed E-state index contributed by atoms with van der Waals surface area (Å²) in [6, 6.07) is 7.96. The quantitative estimate of drug-likeness (QED) is 0.250. The van der Waals surface area contributed by atoms with Crippen LogP contribution in [0.5, 0.6) is 17.2 Å². The molecule has 9 atom stereocenters. The van der Waals surface area contributed by atoms with Crippen molar-refractivity contribution in [2.45, 2.75) is 92.0 Å². The van der Waals surface area contributed by atoms with Gasteiger partial charge in [0.25, 0.3) is 0 Å². The zero-order valence-corrected chi connectivity index (χ0v) is 27.2. The molecule has 3 fully saturated rings. The zero-order valence-electron chi connectivity index (χ0n) is 27.2. The Morgan fingerprint density at radius 3 is 2.67 bits per heavy atom. The minimum Gasteiger partial charge on any atom is -0.504 e. The second-order valence-corrected chi connectivity index (χ2v) is 15.3. The number of esters is 1. The number of aromatic hydroxyl groups is 1. The average molecular weight is 656 g/mol. The molecular formula is C37H41N3O8. The Morgan fingerprint density at radius 1 is 1.00 bits per heavy atom. The average Bonchev–Trinajstić information content (AvgIpc) is 3.62. The van der Waals surface area contributed by atoms with E-state index in [1.165, 1.54) is 5.56 Å². The zero-order chi connectivity index (χ0) is 32.7. The Hall–Kier alpha value is -3.64. The number of aliphatic hydroxyl groups is 2. The van der Waals surface area contributed by atoms with Crippen LogP contribution in [0.15, 0.2) is 41.6 Å². The maximum Gasteiger partial charge on any atom is 0.347 e. The lowest BCUT2D eigenvalue weighted by Gasteiger charge is -2.62. The van der Waals surface area contributed by atoms with Crippen molar-refractivity contribution < 1.29 is 39.2 Å². The van der Waals surface area contributed by atoms with Gasteiger partial charge in [-0.25, -0.2) is 4.79 Å². The number of phenols is 1. The fourth-order valence-electron chi connectivity index (χ4n) is 11.5. The van der Waals surface area contributed by atoms with Crippen LogP contribution < -0.4 is 9.47 Å². The van der Waals surface area contributed by atoms with Crippen molar-refractivity contribution in [1.29, 1.82) is 0 Å². The van der Waals surface area contributed by atoms with E-state index in [1.54, 1.807) is 6.07 Å². The molecule has 4 aliphatic heterocycles. The van der Waals surface area contributed by atoms with E-state index in [4.69, 9.17) is 19.0 Å². The first-order chi connectivity index (χ1) is 23.2. The molecule has 10 rings (SSSR count). The van der Waals surface area contributed by atoms with Crippen LogP contribution in [0.1, 0.15) is 53.5 Å². The maximum atomic E-state index is 13.4. The number of oxime groups is 1. The van der Waals surface area contributed by atoms with Crippen LogP contribution in [0.3, 0.4) is 0 Å². The second kappa shape index (κ2) is 9.74. The first-order valence-electron chi connectivity index (χ1n) is 17.4. The number of benzene rings is 2. The highest BCUT2D eigenvalue weighted by molar-refractivity contribution is 5.94. The van der Waals surface area contributed by atoms with Crippen LogP contribution in [-0.4, -0.2) is 107 Å². The minimum atomic E-state index is -1.02. The summed E-state index contributed by atoms with van der Waals surface area (Å²) in [5, 5.41) is 37.9. The summed E-state index contributed by atoms with van der Waals surface area (Å²) in [4.78, 5) is 23.7. The van der Waals surface area contributed by atoms with E-state index in [2.05, 4.69) is 41.2 Å². The number of hydrogen-bond donors (Lipinski definition) is 3. The molecule has 1 saturated carbocycles. The molecule has 11 heteroatoms. The summed E-state index contributed by atoms with van der Waals surface area (Å²) in [5.74, 6) is 0.942. The minimum absolute atomic E-state index is 0.0539. The van der Waals surface area contributed by atoms with Crippen molar-refractivity contribution in [3.8, 4) is 17.2 Å². The number of ether oxygens (including phenoxy) is 3. The molecule has 3 unspecified atom stereocenters. The number of carbonyl (C=O) groups is 1. The molecule has 11 nitrogen and oxygen atoms in total. The summed E-state index contributed by atoms with van der Waals surface area (Å²) >= 11 is 0. The summed E-state index contributed by atoms with van der Waals surface area (Å²) < 4.78 is 19.2. The molecule has 0 amide bonds. The first-order valence-corrected chi connectivity index (χ1v) is 17.4. The molecule has 8 aliphatic rings. The second-order valence-electron chi connectivity index (χ2n) is 15.3. The Kier molecular flexibility index (Phi) is 5.95. The summed E-state index contributed by atoms with van der Waals surface area (Å²) in [7, 11) is 4.24. The highest BCUT2D eigenvalue weighted by Gasteiger charge is 2.72. The van der Waals surface area contributed by atoms with Crippen LogP contribution in [0.2, 0.25) is 0 Å². The number of piperidine rings is 2. The lowest BCUT2D eigenvalue weighted by atomic mass is 9.49. The van der Waals surface area contributed by atoms with E-state index in [1.807, 2.05) is 18.2 Å². The van der Waals surface area contributed by atoms with Crippen LogP contribution >= 0.6 is 0 Å². The topological polar surface area (TPSA) is 134 Å². The largest absolute Gasteiger partial charge is 0.504 e. The predicted octanol–water partition coefficient (Wildman–Crippen LogP) is 2.10. The van der Waals surface area contributed by atoms with E-state index in [-0.39, 0.29) is 36.3 Å². The number of carbonyl (C=O) groups excluding carboxylic acids is 1. The number of likely N-dealkylation sites (tertiary alicyclic amines) is 2. The molecular weight excluding hydrogens is 614 g/mol. The predicted molar refractivity (Wildman–Crippen MR) is 172 cm³/mol. The van der Waals surface area contributed by atoms with Gasteiger partial charge in [0.05, 0.1) is 23.3 Å². The van der Waals surface area contributed by atoms with Crippen molar-refractivity contribution in [3.63, 3.8) is 0 Å². The van der Waals surface area contributed by atoms with Gasteiger partial charge in [-0.2, -0.15) is 0 Å². The van der Waals surface area contributed by atoms with Gasteiger partial charge < -0.3 is 44.2 Å². The molecule has 4 heterocycles. The number of phenolic OH excluding ortho intramolecular Hbond substituents is 1. The smallest absolute Gasteiger partial charge is 0.347 e. The third-order valence-electron chi connectivity index (χ3n) is 13.6. The van der Waals surface area contributed by atoms with Gasteiger partial charge in [0.15, 0.2) is 23.7 Å². The molecule has 2 aromatic carbocycles. The van der Waals surface area contributed by atoms with E-state index < -0.39 is 35.3 Å². The highest BCUT2D eigenvalue weighted by atomic mass is 16.7. The van der Waals surface area contributed by atoms with Crippen molar-refractivity contribution in [2.24, 2.45) is 11.1 Å². The molecule has 252 valence electrons. The van der Waals surface area contributed by atoms with Crippen LogP contribution in [0.4, 0.5) is 0 Å². The Labute approximate surface area is 278 Å². The molecule has 4 aliphatic carbocycles. The molecule has 2 spiro atoms. The Morgan fingerprint density at radius 2 is 1.81 bits per heavy atom. The first kappa shape index (κ1) is 29.3. The third-order valence-corrected chi connectivity index (χ3v) is 13.6. The van der Waals surface area contributed by atoms with E-state index in [0.29, 0.717) is 48.1 Å². The van der Waals surface area contributed by atoms with Crippen LogP contribution in [0, 0.1) is 5.92 Å². The molecule has 2 aromatic rings. The van der Waals surface area contributed by atoms with E-state index in [0.717, 1.165) is 49.0 Å². The summed E-state index contributed by atoms with van der Waals surface area (Å²) in [5.41, 5.74) is 3.69. The van der Waals surface area contributed by atoms with Crippen molar-refractivity contribution in [2.75, 3.05) is 33.8 Å². The molecule has 48 heavy (non-hydrogen) atoms. The Balaban J connectivity index is 0.908. The number of nitrogens with zero attached hydrogens (tertiary/aromatic N) is 3. The van der Waals surface area contributed by atoms with Crippen molar-refractivity contribution in [3.05, 3.63) is 64.2 Å². The third kappa shape index (κ3) is 3.38. The monoisotopic (exact) mass is 655 g/mol. The van der Waals surface area contributed by atoms with Gasteiger partial charge in [-0.3, -0.25) is 0 Å². The van der Waals surface area contributed by atoms with Crippen molar-refractivity contribution >= 4 is 11.7 Å². The van der Waals surface area contributed by atoms with Gasteiger partial charge in [0.2, 0.25) is 6.61 Å². The van der Waals surface area contributed by atoms with Gasteiger partial charge in [0.1, 0.15) is 11.9 Å². The highest BCUT2D eigenvalue weighted by Crippen LogP contribution is 2.65. The standard InChI is InChI=1S/C37H41N3O8/c1-39-13-11-35-22-6-8-26(34(35)48-32-25(42)7-5-19(29(32)35)15-24(22)39)46-28(43)18-45-38-23-9-10-37(44)27-16-20-3-4-21(17-41)31-30(20)36(37,33(23)47-31)12-14-40(27)2/h3-8,22,24,26-27,33-34,41-42,44H,9-18H2,1-2H3/b38-23+/t22-,24+,26?,27+,33?,34?,35-,36-,37+/m0/s1. The van der Waals surface area contributed by atoms with E-state index >= 15 is 0 Å². The van der Waals surface area contributed by atoms with Gasteiger partial charge in [-0.1, -0.05) is 29.4 Å². The molecule has 2 saturated heterocycles. The van der Waals surface area contributed by atoms with Gasteiger partial charge in [0, 0.05) is 40.1 Å². The normalized spacial score (nSPS) is 40.1. The fourth-order valence-corrected chi connectivity index (χ4v) is 11.5. The lowest BCUT2D eigenvalue weighted by Crippen LogP contribution is -2.76. The fraction of sp³-hybridized carbons (Fsp3) is 0.568. The van der Waals surface area contributed by atoms with Gasteiger partial charge in [-0.05, 0) is 89.0 Å². The summed E-state index contributed by atoms with van der Waals surface area (Å²) in [6.07, 6.45) is 6.59. The molecule has 4 bridgehead atoms. The number of aliphatic hydroxyl groups excluding tert-OH is 1. The Bertz CT molecular complexity index is 1830.